The number of aryl methyl sites for hydroxylation is 2. The highest BCUT2D eigenvalue weighted by atomic mass is 16.5. The van der Waals surface area contributed by atoms with E-state index in [4.69, 9.17) is 14.7 Å². The summed E-state index contributed by atoms with van der Waals surface area (Å²) in [6.45, 7) is 6.30. The van der Waals surface area contributed by atoms with Crippen molar-refractivity contribution in [2.75, 3.05) is 20.1 Å². The van der Waals surface area contributed by atoms with Crippen LogP contribution in [0.1, 0.15) is 24.1 Å². The number of ether oxygens (including phenoxy) is 1. The normalized spacial score (nSPS) is 15.2. The average molecular weight is 464 g/mol. The number of aromatic nitrogens is 4. The van der Waals surface area contributed by atoms with Gasteiger partial charge in [-0.2, -0.15) is 0 Å². The molecule has 0 N–H and O–H groups in total. The molecule has 0 bridgehead atoms. The zero-order chi connectivity index (χ0) is 23.9. The molecule has 1 aliphatic rings. The van der Waals surface area contributed by atoms with E-state index in [-0.39, 0.29) is 6.10 Å². The molecule has 5 heterocycles. The Morgan fingerprint density at radius 3 is 2.54 bits per heavy atom. The van der Waals surface area contributed by atoms with Gasteiger partial charge in [0.1, 0.15) is 11.8 Å². The van der Waals surface area contributed by atoms with Gasteiger partial charge in [0.15, 0.2) is 0 Å². The van der Waals surface area contributed by atoms with Gasteiger partial charge in [0.25, 0.3) is 0 Å². The van der Waals surface area contributed by atoms with Crippen LogP contribution in [0, 0.1) is 13.8 Å². The zero-order valence-electron chi connectivity index (χ0n) is 20.4. The fraction of sp³-hybridized carbons (Fsp3) is 0.276. The summed E-state index contributed by atoms with van der Waals surface area (Å²) >= 11 is 0. The van der Waals surface area contributed by atoms with Gasteiger partial charge in [-0.3, -0.25) is 9.38 Å². The lowest BCUT2D eigenvalue weighted by atomic mass is 10.0. The Morgan fingerprint density at radius 2 is 1.74 bits per heavy atom. The van der Waals surface area contributed by atoms with Crippen LogP contribution in [0.4, 0.5) is 0 Å². The summed E-state index contributed by atoms with van der Waals surface area (Å²) in [7, 11) is 2.16. The fourth-order valence-electron chi connectivity index (χ4n) is 4.94. The van der Waals surface area contributed by atoms with Gasteiger partial charge in [-0.05, 0) is 75.7 Å². The molecule has 176 valence electrons. The van der Waals surface area contributed by atoms with Gasteiger partial charge in [0.2, 0.25) is 5.88 Å². The molecule has 6 heteroatoms. The number of pyridine rings is 3. The third-order valence-corrected chi connectivity index (χ3v) is 6.90. The van der Waals surface area contributed by atoms with Gasteiger partial charge >= 0.3 is 0 Å². The van der Waals surface area contributed by atoms with Crippen LogP contribution in [0.25, 0.3) is 38.9 Å². The van der Waals surface area contributed by atoms with Crippen molar-refractivity contribution in [1.82, 2.24) is 24.3 Å². The second kappa shape index (κ2) is 8.78. The van der Waals surface area contributed by atoms with Crippen LogP contribution >= 0.6 is 0 Å². The molecule has 0 spiro atoms. The molecular weight excluding hydrogens is 434 g/mol. The molecule has 0 unspecified atom stereocenters. The van der Waals surface area contributed by atoms with Gasteiger partial charge in [0.05, 0.1) is 17.4 Å². The fourth-order valence-corrected chi connectivity index (χ4v) is 4.94. The molecule has 4 aromatic heterocycles. The molecule has 0 saturated carbocycles. The molecule has 6 rings (SSSR count). The second-order valence-electron chi connectivity index (χ2n) is 9.62. The number of benzene rings is 1. The summed E-state index contributed by atoms with van der Waals surface area (Å²) in [5.74, 6) is 0.697. The van der Waals surface area contributed by atoms with Gasteiger partial charge in [-0.1, -0.05) is 11.6 Å². The van der Waals surface area contributed by atoms with E-state index in [1.165, 1.54) is 5.56 Å². The van der Waals surface area contributed by atoms with E-state index in [1.807, 2.05) is 25.4 Å². The third kappa shape index (κ3) is 4.26. The molecule has 0 amide bonds. The number of likely N-dealkylation sites (tertiary alicyclic amines) is 1. The van der Waals surface area contributed by atoms with Gasteiger partial charge < -0.3 is 9.64 Å². The topological polar surface area (TPSA) is 55.6 Å². The van der Waals surface area contributed by atoms with Crippen LogP contribution in [0.15, 0.2) is 67.1 Å². The van der Waals surface area contributed by atoms with E-state index in [9.17, 15) is 0 Å². The van der Waals surface area contributed by atoms with E-state index in [0.29, 0.717) is 5.88 Å². The minimum Gasteiger partial charge on any atom is -0.474 e. The smallest absolute Gasteiger partial charge is 0.213 e. The molecule has 0 radical (unpaired) electrons. The largest absolute Gasteiger partial charge is 0.474 e. The van der Waals surface area contributed by atoms with E-state index in [2.05, 4.69) is 76.9 Å². The quantitative estimate of drug-likeness (QED) is 0.342. The standard InChI is InChI=1S/C29H29N5O/c1-19-4-6-26-24(14-19)25(15-20(2)32-26)27-18-30-28-16-21(8-13-34(27)28)22-5-7-29(31-17-22)35-23-9-11-33(3)12-10-23/h4-8,13-18,23H,9-12H2,1-3H3. The number of rotatable bonds is 4. The van der Waals surface area contributed by atoms with E-state index >= 15 is 0 Å². The Labute approximate surface area is 205 Å². The highest BCUT2D eigenvalue weighted by molar-refractivity contribution is 5.94. The summed E-state index contributed by atoms with van der Waals surface area (Å²) < 4.78 is 8.25. The summed E-state index contributed by atoms with van der Waals surface area (Å²) in [5, 5.41) is 1.14. The van der Waals surface area contributed by atoms with E-state index in [0.717, 1.165) is 70.6 Å². The molecular formula is C29H29N5O. The number of hydrogen-bond acceptors (Lipinski definition) is 5. The first-order valence-electron chi connectivity index (χ1n) is 12.2. The number of nitrogens with zero attached hydrogens (tertiary/aromatic N) is 5. The first-order valence-corrected chi connectivity index (χ1v) is 12.2. The molecule has 0 aliphatic carbocycles. The average Bonchev–Trinajstić information content (AvgIpc) is 3.29. The van der Waals surface area contributed by atoms with Gasteiger partial charge in [-0.15, -0.1) is 0 Å². The first kappa shape index (κ1) is 21.7. The monoisotopic (exact) mass is 463 g/mol. The summed E-state index contributed by atoms with van der Waals surface area (Å²) in [4.78, 5) is 16.4. The second-order valence-corrected chi connectivity index (χ2v) is 9.62. The van der Waals surface area contributed by atoms with E-state index in [1.54, 1.807) is 0 Å². The summed E-state index contributed by atoms with van der Waals surface area (Å²) in [5.41, 5.74) is 8.47. The Bertz CT molecular complexity index is 1510. The highest BCUT2D eigenvalue weighted by Crippen LogP contribution is 2.31. The van der Waals surface area contributed by atoms with Crippen molar-refractivity contribution in [1.29, 1.82) is 0 Å². The molecule has 6 nitrogen and oxygen atoms in total. The van der Waals surface area contributed by atoms with Crippen LogP contribution in [0.2, 0.25) is 0 Å². The summed E-state index contributed by atoms with van der Waals surface area (Å²) in [6.07, 6.45) is 8.28. The van der Waals surface area contributed by atoms with Crippen molar-refractivity contribution < 1.29 is 4.74 Å². The lowest BCUT2D eigenvalue weighted by Crippen LogP contribution is -2.35. The molecule has 1 saturated heterocycles. The van der Waals surface area contributed by atoms with Crippen LogP contribution < -0.4 is 4.74 Å². The van der Waals surface area contributed by atoms with Crippen LogP contribution in [-0.4, -0.2) is 50.5 Å². The van der Waals surface area contributed by atoms with E-state index < -0.39 is 0 Å². The summed E-state index contributed by atoms with van der Waals surface area (Å²) in [6, 6.07) is 16.8. The van der Waals surface area contributed by atoms with Gasteiger partial charge in [-0.25, -0.2) is 9.97 Å². The Balaban J connectivity index is 1.30. The maximum absolute atomic E-state index is 6.11. The Kier molecular flexibility index (Phi) is 5.46. The van der Waals surface area contributed by atoms with Crippen molar-refractivity contribution in [2.45, 2.75) is 32.8 Å². The Morgan fingerprint density at radius 1 is 0.886 bits per heavy atom. The maximum Gasteiger partial charge on any atom is 0.213 e. The molecule has 1 aliphatic heterocycles. The number of hydrogen-bond donors (Lipinski definition) is 0. The minimum absolute atomic E-state index is 0.251. The van der Waals surface area contributed by atoms with Gasteiger partial charge in [0, 0.05) is 53.8 Å². The molecule has 35 heavy (non-hydrogen) atoms. The predicted octanol–water partition coefficient (Wildman–Crippen LogP) is 5.70. The van der Waals surface area contributed by atoms with Crippen LogP contribution in [0.5, 0.6) is 5.88 Å². The molecule has 1 aromatic carbocycles. The van der Waals surface area contributed by atoms with Crippen molar-refractivity contribution in [3.05, 3.63) is 78.4 Å². The minimum atomic E-state index is 0.251. The lowest BCUT2D eigenvalue weighted by Gasteiger charge is -2.28. The number of imidazole rings is 1. The van der Waals surface area contributed by atoms with Crippen molar-refractivity contribution >= 4 is 16.6 Å². The highest BCUT2D eigenvalue weighted by Gasteiger charge is 2.18. The third-order valence-electron chi connectivity index (χ3n) is 6.90. The molecule has 1 fully saturated rings. The Hall–Kier alpha value is -3.77. The van der Waals surface area contributed by atoms with Crippen LogP contribution in [-0.2, 0) is 0 Å². The lowest BCUT2D eigenvalue weighted by molar-refractivity contribution is 0.110. The van der Waals surface area contributed by atoms with Crippen LogP contribution in [0.3, 0.4) is 0 Å². The van der Waals surface area contributed by atoms with Crippen molar-refractivity contribution in [3.8, 4) is 28.3 Å². The number of piperidine rings is 1. The SMILES string of the molecule is Cc1ccc2nc(C)cc(-c3cnc4cc(-c5ccc(OC6CCN(C)CC6)nc5)ccn34)c2c1. The molecule has 0 atom stereocenters. The first-order chi connectivity index (χ1) is 17.0. The van der Waals surface area contributed by atoms with Crippen molar-refractivity contribution in [2.24, 2.45) is 0 Å². The number of fused-ring (bicyclic) bond motifs is 2. The maximum atomic E-state index is 6.11. The molecule has 5 aromatic rings. The van der Waals surface area contributed by atoms with Crippen molar-refractivity contribution in [3.63, 3.8) is 0 Å². The predicted molar refractivity (Wildman–Crippen MR) is 140 cm³/mol. The zero-order valence-corrected chi connectivity index (χ0v) is 20.4.